The fourth-order valence-corrected chi connectivity index (χ4v) is 5.83. The van der Waals surface area contributed by atoms with E-state index < -0.39 is 0 Å². The van der Waals surface area contributed by atoms with Crippen molar-refractivity contribution in [2.24, 2.45) is 11.8 Å². The number of quaternary nitrogens is 2. The van der Waals surface area contributed by atoms with Crippen LogP contribution < -0.4 is 15.1 Å². The molecule has 28 heavy (non-hydrogen) atoms. The molecule has 0 bridgehead atoms. The molecule has 1 saturated heterocycles. The molecule has 2 aliphatic rings. The third kappa shape index (κ3) is 4.73. The number of nitrogens with one attached hydrogen (secondary N) is 3. The van der Waals surface area contributed by atoms with Crippen molar-refractivity contribution < 1.29 is 14.6 Å². The topological polar surface area (TPSA) is 50.9 Å². The van der Waals surface area contributed by atoms with Crippen LogP contribution in [0.15, 0.2) is 24.3 Å². The summed E-state index contributed by atoms with van der Waals surface area (Å²) in [6.07, 6.45) is 3.70. The van der Waals surface area contributed by atoms with Crippen LogP contribution in [-0.2, 0) is 11.3 Å². The van der Waals surface area contributed by atoms with E-state index in [9.17, 15) is 4.79 Å². The molecule has 0 unspecified atom stereocenters. The molecular formula is C22H34N4OS+2. The van der Waals surface area contributed by atoms with Gasteiger partial charge in [-0.2, -0.15) is 0 Å². The number of thiazole rings is 1. The minimum absolute atomic E-state index is 0.246. The van der Waals surface area contributed by atoms with Crippen LogP contribution in [0.2, 0.25) is 0 Å². The quantitative estimate of drug-likeness (QED) is 0.683. The zero-order valence-electron chi connectivity index (χ0n) is 17.2. The number of carbonyl (C=O) groups is 1. The van der Waals surface area contributed by atoms with Crippen molar-refractivity contribution in [2.45, 2.75) is 45.7 Å². The molecule has 2 aromatic rings. The van der Waals surface area contributed by atoms with Crippen molar-refractivity contribution in [2.75, 3.05) is 32.7 Å². The van der Waals surface area contributed by atoms with Gasteiger partial charge in [0.1, 0.15) is 37.7 Å². The molecule has 0 radical (unpaired) electrons. The first-order chi connectivity index (χ1) is 13.6. The Kier molecular flexibility index (Phi) is 6.28. The van der Waals surface area contributed by atoms with Gasteiger partial charge in [0.15, 0.2) is 6.54 Å². The third-order valence-corrected chi connectivity index (χ3v) is 7.90. The van der Waals surface area contributed by atoms with Crippen LogP contribution in [0.25, 0.3) is 10.2 Å². The van der Waals surface area contributed by atoms with Gasteiger partial charge in [-0.05, 0) is 30.4 Å². The molecule has 1 amide bonds. The van der Waals surface area contributed by atoms with Crippen molar-refractivity contribution in [3.05, 3.63) is 29.3 Å². The van der Waals surface area contributed by atoms with Crippen LogP contribution in [-0.4, -0.2) is 49.7 Å². The monoisotopic (exact) mass is 402 g/mol. The molecule has 0 spiro atoms. The fourth-order valence-electron chi connectivity index (χ4n) is 4.79. The van der Waals surface area contributed by atoms with Gasteiger partial charge in [0.05, 0.1) is 10.2 Å². The van der Waals surface area contributed by atoms with Crippen LogP contribution in [0.5, 0.6) is 0 Å². The minimum Gasteiger partial charge on any atom is -0.348 e. The molecule has 1 saturated carbocycles. The highest BCUT2D eigenvalue weighted by Crippen LogP contribution is 2.29. The number of fused-ring (bicyclic) bond motifs is 1. The predicted octanol–water partition coefficient (Wildman–Crippen LogP) is 0.521. The maximum Gasteiger partial charge on any atom is 0.275 e. The Morgan fingerprint density at radius 1 is 1.14 bits per heavy atom. The Bertz CT molecular complexity index is 766. The average molecular weight is 403 g/mol. The molecule has 1 aliphatic carbocycles. The number of rotatable bonds is 5. The van der Waals surface area contributed by atoms with E-state index in [-0.39, 0.29) is 5.91 Å². The zero-order chi connectivity index (χ0) is 19.5. The first-order valence-corrected chi connectivity index (χ1v) is 11.7. The summed E-state index contributed by atoms with van der Waals surface area (Å²) in [5.74, 6) is 1.57. The minimum atomic E-state index is 0.246. The Balaban J connectivity index is 1.22. The lowest BCUT2D eigenvalue weighted by Gasteiger charge is -2.35. The summed E-state index contributed by atoms with van der Waals surface area (Å²) < 4.78 is 1.28. The average Bonchev–Trinajstić information content (AvgIpc) is 3.09. The molecular weight excluding hydrogens is 368 g/mol. The summed E-state index contributed by atoms with van der Waals surface area (Å²) in [5.41, 5.74) is 1.12. The SMILES string of the molecule is C[C@@H]1[C@H](C)CCC[C@@H]1NC(=O)C[NH+]1CC[NH+](Cc2nc3ccccc3s2)CC1. The molecule has 4 rings (SSSR count). The van der Waals surface area contributed by atoms with E-state index in [1.165, 1.54) is 27.4 Å². The zero-order valence-corrected chi connectivity index (χ0v) is 18.0. The van der Waals surface area contributed by atoms with Crippen LogP contribution in [0.4, 0.5) is 0 Å². The van der Waals surface area contributed by atoms with E-state index in [0.717, 1.165) is 50.6 Å². The second-order valence-corrected chi connectivity index (χ2v) is 9.99. The number of benzene rings is 1. The number of hydrogen-bond acceptors (Lipinski definition) is 3. The van der Waals surface area contributed by atoms with Crippen molar-refractivity contribution in [3.63, 3.8) is 0 Å². The van der Waals surface area contributed by atoms with Gasteiger partial charge in [-0.15, -0.1) is 11.3 Å². The van der Waals surface area contributed by atoms with Gasteiger partial charge in [0, 0.05) is 6.04 Å². The molecule has 1 aliphatic heterocycles. The van der Waals surface area contributed by atoms with Gasteiger partial charge in [-0.25, -0.2) is 4.98 Å². The van der Waals surface area contributed by atoms with E-state index in [1.807, 2.05) is 11.3 Å². The first kappa shape index (κ1) is 19.8. The van der Waals surface area contributed by atoms with E-state index >= 15 is 0 Å². The number of nitrogens with zero attached hydrogens (tertiary/aromatic N) is 1. The van der Waals surface area contributed by atoms with Gasteiger partial charge in [-0.1, -0.05) is 38.8 Å². The number of amides is 1. The summed E-state index contributed by atoms with van der Waals surface area (Å²) in [5, 5.41) is 4.57. The summed E-state index contributed by atoms with van der Waals surface area (Å²) in [6, 6.07) is 8.76. The molecule has 1 aromatic carbocycles. The van der Waals surface area contributed by atoms with Crippen LogP contribution in [0.3, 0.4) is 0 Å². The van der Waals surface area contributed by atoms with E-state index in [0.29, 0.717) is 18.5 Å². The van der Waals surface area contributed by atoms with Crippen LogP contribution >= 0.6 is 11.3 Å². The van der Waals surface area contributed by atoms with Crippen LogP contribution in [0, 0.1) is 11.8 Å². The van der Waals surface area contributed by atoms with Crippen molar-refractivity contribution in [1.82, 2.24) is 10.3 Å². The van der Waals surface area contributed by atoms with Crippen LogP contribution in [0.1, 0.15) is 38.1 Å². The molecule has 2 heterocycles. The molecule has 152 valence electrons. The largest absolute Gasteiger partial charge is 0.348 e. The predicted molar refractivity (Wildman–Crippen MR) is 114 cm³/mol. The van der Waals surface area contributed by atoms with Crippen molar-refractivity contribution in [1.29, 1.82) is 0 Å². The highest BCUT2D eigenvalue weighted by atomic mass is 32.1. The lowest BCUT2D eigenvalue weighted by Crippen LogP contribution is -3.28. The second kappa shape index (κ2) is 8.89. The summed E-state index contributed by atoms with van der Waals surface area (Å²) in [7, 11) is 0. The molecule has 5 nitrogen and oxygen atoms in total. The molecule has 6 heteroatoms. The smallest absolute Gasteiger partial charge is 0.275 e. The molecule has 1 aromatic heterocycles. The van der Waals surface area contributed by atoms with Gasteiger partial charge >= 0.3 is 0 Å². The normalized spacial score (nSPS) is 31.0. The highest BCUT2D eigenvalue weighted by molar-refractivity contribution is 7.18. The third-order valence-electron chi connectivity index (χ3n) is 6.87. The molecule has 3 atom stereocenters. The number of piperazine rings is 1. The van der Waals surface area contributed by atoms with E-state index in [4.69, 9.17) is 4.98 Å². The van der Waals surface area contributed by atoms with Crippen molar-refractivity contribution in [3.8, 4) is 0 Å². The van der Waals surface area contributed by atoms with E-state index in [1.54, 1.807) is 4.90 Å². The number of para-hydroxylation sites is 1. The fraction of sp³-hybridized carbons (Fsp3) is 0.636. The molecule has 3 N–H and O–H groups in total. The van der Waals surface area contributed by atoms with Gasteiger partial charge in [0.25, 0.3) is 5.91 Å². The Hall–Kier alpha value is -1.50. The lowest BCUT2D eigenvalue weighted by atomic mass is 9.78. The van der Waals surface area contributed by atoms with Gasteiger partial charge < -0.3 is 15.1 Å². The Morgan fingerprint density at radius 3 is 2.68 bits per heavy atom. The van der Waals surface area contributed by atoms with Crippen molar-refractivity contribution >= 4 is 27.5 Å². The van der Waals surface area contributed by atoms with Gasteiger partial charge in [0.2, 0.25) is 0 Å². The number of carbonyl (C=O) groups excluding carboxylic acids is 1. The highest BCUT2D eigenvalue weighted by Gasteiger charge is 2.30. The lowest BCUT2D eigenvalue weighted by molar-refractivity contribution is -1.02. The first-order valence-electron chi connectivity index (χ1n) is 10.9. The second-order valence-electron chi connectivity index (χ2n) is 8.87. The summed E-state index contributed by atoms with van der Waals surface area (Å²) in [4.78, 5) is 20.4. The maximum atomic E-state index is 12.6. The Morgan fingerprint density at radius 2 is 1.89 bits per heavy atom. The number of aromatic nitrogens is 1. The van der Waals surface area contributed by atoms with Gasteiger partial charge in [-0.3, -0.25) is 4.79 Å². The summed E-state index contributed by atoms with van der Waals surface area (Å²) in [6.45, 7) is 10.6. The summed E-state index contributed by atoms with van der Waals surface area (Å²) >= 11 is 1.82. The Labute approximate surface area is 172 Å². The molecule has 2 fully saturated rings. The standard InChI is InChI=1S/C22H32N4OS/c1-16-6-5-8-18(17(16)2)23-21(27)14-25-10-12-26(13-11-25)15-22-24-19-7-3-4-9-20(19)28-22/h3-4,7,9,16-18H,5-6,8,10-15H2,1-2H3,(H,23,27)/p+2/t16-,17-,18+/m1/s1. The maximum absolute atomic E-state index is 12.6. The number of hydrogen-bond donors (Lipinski definition) is 3. The van der Waals surface area contributed by atoms with E-state index in [2.05, 4.69) is 43.4 Å².